The van der Waals surface area contributed by atoms with Crippen LogP contribution in [0.4, 0.5) is 4.39 Å². The minimum Gasteiger partial charge on any atom is -0.494 e. The van der Waals surface area contributed by atoms with Crippen molar-refractivity contribution >= 4 is 27.5 Å². The van der Waals surface area contributed by atoms with Crippen molar-refractivity contribution in [1.29, 1.82) is 0 Å². The van der Waals surface area contributed by atoms with E-state index in [4.69, 9.17) is 30.5 Å². The van der Waals surface area contributed by atoms with Gasteiger partial charge in [0.25, 0.3) is 0 Å². The molecule has 30 heavy (non-hydrogen) atoms. The quantitative estimate of drug-likeness (QED) is 0.287. The van der Waals surface area contributed by atoms with Gasteiger partial charge in [0, 0.05) is 6.07 Å². The van der Waals surface area contributed by atoms with Gasteiger partial charge in [-0.1, -0.05) is 11.6 Å². The second-order valence-corrected chi connectivity index (χ2v) is 8.06. The van der Waals surface area contributed by atoms with Crippen molar-refractivity contribution in [3.05, 3.63) is 57.8 Å². The Morgan fingerprint density at radius 2 is 1.63 bits per heavy atom. The summed E-state index contributed by atoms with van der Waals surface area (Å²) in [7, 11) is 0. The summed E-state index contributed by atoms with van der Waals surface area (Å²) < 4.78 is 34.8. The van der Waals surface area contributed by atoms with E-state index in [9.17, 15) is 4.39 Å². The van der Waals surface area contributed by atoms with Gasteiger partial charge in [-0.2, -0.15) is 4.39 Å². The van der Waals surface area contributed by atoms with Crippen molar-refractivity contribution in [2.24, 2.45) is 0 Å². The lowest BCUT2D eigenvalue weighted by molar-refractivity contribution is 0.241. The molecule has 0 aliphatic carbocycles. The summed E-state index contributed by atoms with van der Waals surface area (Å²) in [5.41, 5.74) is 0.862. The normalized spacial score (nSPS) is 11.5. The standard InChI is InChI=1S/C23H27BrClFO4/c1-16(2)30-19-8-6-18(7-9-19)27-11-4-5-12-29-23-17(3)14-20(15-21(23)25)28-13-10-22(24)26/h6-10,14-16H,4-5,11-13H2,1-3H3/b22-10+. The Kier molecular flexibility index (Phi) is 10.3. The Bertz CT molecular complexity index is 797. The lowest BCUT2D eigenvalue weighted by Crippen LogP contribution is -2.05. The fraction of sp³-hybridized carbons (Fsp3) is 0.391. The van der Waals surface area contributed by atoms with Crippen LogP contribution in [0.2, 0.25) is 5.02 Å². The molecule has 7 heteroatoms. The highest BCUT2D eigenvalue weighted by Crippen LogP contribution is 2.33. The van der Waals surface area contributed by atoms with Crippen LogP contribution in [0.3, 0.4) is 0 Å². The maximum Gasteiger partial charge on any atom is 0.165 e. The summed E-state index contributed by atoms with van der Waals surface area (Å²) >= 11 is 9.01. The zero-order chi connectivity index (χ0) is 21.9. The first-order valence-corrected chi connectivity index (χ1v) is 11.0. The Morgan fingerprint density at radius 3 is 2.23 bits per heavy atom. The molecule has 0 N–H and O–H groups in total. The number of halogens is 3. The molecule has 0 atom stereocenters. The van der Waals surface area contributed by atoms with Crippen molar-refractivity contribution in [3.8, 4) is 23.0 Å². The molecule has 0 aliphatic heterocycles. The molecular weight excluding hydrogens is 475 g/mol. The largest absolute Gasteiger partial charge is 0.494 e. The average molecular weight is 502 g/mol. The Labute approximate surface area is 191 Å². The molecule has 4 nitrogen and oxygen atoms in total. The topological polar surface area (TPSA) is 36.9 Å². The van der Waals surface area contributed by atoms with Gasteiger partial charge in [-0.3, -0.25) is 0 Å². The van der Waals surface area contributed by atoms with E-state index in [1.54, 1.807) is 6.07 Å². The predicted molar refractivity (Wildman–Crippen MR) is 122 cm³/mol. The molecule has 0 spiro atoms. The van der Waals surface area contributed by atoms with Crippen LogP contribution >= 0.6 is 27.5 Å². The number of hydrogen-bond donors (Lipinski definition) is 0. The van der Waals surface area contributed by atoms with Crippen LogP contribution in [-0.4, -0.2) is 25.9 Å². The third-order valence-electron chi connectivity index (χ3n) is 3.94. The Hall–Kier alpha value is -1.92. The fourth-order valence-electron chi connectivity index (χ4n) is 2.62. The summed E-state index contributed by atoms with van der Waals surface area (Å²) in [6.45, 7) is 7.13. The first-order chi connectivity index (χ1) is 14.3. The molecule has 0 bridgehead atoms. The Morgan fingerprint density at radius 1 is 1.00 bits per heavy atom. The van der Waals surface area contributed by atoms with Gasteiger partial charge >= 0.3 is 0 Å². The van der Waals surface area contributed by atoms with E-state index in [1.807, 2.05) is 51.1 Å². The highest BCUT2D eigenvalue weighted by atomic mass is 79.9. The summed E-state index contributed by atoms with van der Waals surface area (Å²) in [5, 5.41) is 0.466. The second kappa shape index (κ2) is 12.7. The van der Waals surface area contributed by atoms with Gasteiger partial charge < -0.3 is 18.9 Å². The molecule has 0 heterocycles. The Balaban J connectivity index is 1.70. The molecule has 2 rings (SSSR count). The summed E-state index contributed by atoms with van der Waals surface area (Å²) in [4.78, 5) is 0. The summed E-state index contributed by atoms with van der Waals surface area (Å²) in [6, 6.07) is 11.1. The number of ether oxygens (including phenoxy) is 4. The predicted octanol–water partition coefficient (Wildman–Crippen LogP) is 7.26. The highest BCUT2D eigenvalue weighted by molar-refractivity contribution is 9.11. The van der Waals surface area contributed by atoms with E-state index in [-0.39, 0.29) is 12.7 Å². The van der Waals surface area contributed by atoms with Crippen LogP contribution in [0.25, 0.3) is 0 Å². The smallest absolute Gasteiger partial charge is 0.165 e. The zero-order valence-corrected chi connectivity index (χ0v) is 19.8. The molecule has 0 amide bonds. The fourth-order valence-corrected chi connectivity index (χ4v) is 3.06. The van der Waals surface area contributed by atoms with E-state index in [2.05, 4.69) is 15.9 Å². The van der Waals surface area contributed by atoms with Crippen LogP contribution in [0, 0.1) is 6.92 Å². The van der Waals surface area contributed by atoms with E-state index in [0.29, 0.717) is 29.7 Å². The van der Waals surface area contributed by atoms with Crippen molar-refractivity contribution in [2.45, 2.75) is 39.7 Å². The molecule has 0 saturated carbocycles. The maximum atomic E-state index is 12.6. The van der Waals surface area contributed by atoms with E-state index in [1.165, 1.54) is 6.08 Å². The molecular formula is C23H27BrClFO4. The molecule has 0 unspecified atom stereocenters. The lowest BCUT2D eigenvalue weighted by atomic mass is 10.2. The number of aryl methyl sites for hydroxylation is 1. The van der Waals surface area contributed by atoms with Gasteiger partial charge in [-0.25, -0.2) is 0 Å². The maximum absolute atomic E-state index is 12.6. The molecule has 0 aliphatic rings. The van der Waals surface area contributed by atoms with E-state index >= 15 is 0 Å². The van der Waals surface area contributed by atoms with Crippen molar-refractivity contribution in [1.82, 2.24) is 0 Å². The highest BCUT2D eigenvalue weighted by Gasteiger charge is 2.09. The number of benzene rings is 2. The molecule has 0 fully saturated rings. The summed E-state index contributed by atoms with van der Waals surface area (Å²) in [5.74, 6) is 2.85. The third kappa shape index (κ3) is 8.84. The number of hydrogen-bond acceptors (Lipinski definition) is 4. The number of unbranched alkanes of at least 4 members (excludes halogenated alkanes) is 1. The minimum atomic E-state index is -0.466. The van der Waals surface area contributed by atoms with Crippen LogP contribution in [0.15, 0.2) is 47.2 Å². The first-order valence-electron chi connectivity index (χ1n) is 9.81. The SMILES string of the molecule is Cc1cc(OC/C=C(/F)Br)cc(Cl)c1OCCCCOc1ccc(OC(C)C)cc1. The molecule has 0 aromatic heterocycles. The van der Waals surface area contributed by atoms with Gasteiger partial charge in [-0.05, 0) is 91.5 Å². The monoisotopic (exact) mass is 500 g/mol. The molecule has 2 aromatic carbocycles. The second-order valence-electron chi connectivity index (χ2n) is 6.90. The third-order valence-corrected chi connectivity index (χ3v) is 4.54. The molecule has 0 radical (unpaired) electrons. The van der Waals surface area contributed by atoms with Crippen LogP contribution in [0.5, 0.6) is 23.0 Å². The van der Waals surface area contributed by atoms with Crippen molar-refractivity contribution in [3.63, 3.8) is 0 Å². The minimum absolute atomic E-state index is 0.112. The average Bonchev–Trinajstić information content (AvgIpc) is 2.67. The van der Waals surface area contributed by atoms with Crippen LogP contribution in [0.1, 0.15) is 32.3 Å². The van der Waals surface area contributed by atoms with Crippen molar-refractivity contribution < 1.29 is 23.3 Å². The van der Waals surface area contributed by atoms with E-state index in [0.717, 1.165) is 29.9 Å². The van der Waals surface area contributed by atoms with Gasteiger partial charge in [0.15, 0.2) is 4.74 Å². The molecule has 164 valence electrons. The van der Waals surface area contributed by atoms with Gasteiger partial charge in [0.05, 0.1) is 24.3 Å². The lowest BCUT2D eigenvalue weighted by Gasteiger charge is -2.13. The first kappa shape index (κ1) is 24.4. The van der Waals surface area contributed by atoms with Crippen molar-refractivity contribution in [2.75, 3.05) is 19.8 Å². The van der Waals surface area contributed by atoms with Gasteiger partial charge in [-0.15, -0.1) is 0 Å². The van der Waals surface area contributed by atoms with Gasteiger partial charge in [0.2, 0.25) is 0 Å². The number of rotatable bonds is 12. The zero-order valence-electron chi connectivity index (χ0n) is 17.4. The molecule has 0 saturated heterocycles. The van der Waals surface area contributed by atoms with Crippen LogP contribution in [-0.2, 0) is 0 Å². The van der Waals surface area contributed by atoms with E-state index < -0.39 is 4.74 Å². The summed E-state index contributed by atoms with van der Waals surface area (Å²) in [6.07, 6.45) is 3.12. The van der Waals surface area contributed by atoms with Crippen LogP contribution < -0.4 is 18.9 Å². The molecule has 2 aromatic rings. The van der Waals surface area contributed by atoms with Gasteiger partial charge in [0.1, 0.15) is 29.6 Å².